The highest BCUT2D eigenvalue weighted by atomic mass is 16.5. The number of ether oxygens (including phenoxy) is 1. The van der Waals surface area contributed by atoms with Crippen LogP contribution in [0, 0.1) is 5.92 Å². The molecular formula is C10H19NO3. The lowest BCUT2D eigenvalue weighted by atomic mass is 9.83. The Morgan fingerprint density at radius 3 is 2.79 bits per heavy atom. The van der Waals surface area contributed by atoms with Crippen molar-refractivity contribution in [2.45, 2.75) is 38.1 Å². The molecule has 1 saturated carbocycles. The van der Waals surface area contributed by atoms with Gasteiger partial charge in [-0.25, -0.2) is 0 Å². The molecule has 0 heterocycles. The van der Waals surface area contributed by atoms with Crippen molar-refractivity contribution in [1.82, 2.24) is 0 Å². The third kappa shape index (κ3) is 3.64. The zero-order chi connectivity index (χ0) is 10.4. The van der Waals surface area contributed by atoms with Crippen LogP contribution in [0.1, 0.15) is 32.1 Å². The number of hydrogen-bond donors (Lipinski definition) is 2. The molecular weight excluding hydrogens is 182 g/mol. The molecule has 0 aromatic carbocycles. The highest BCUT2D eigenvalue weighted by Crippen LogP contribution is 2.29. The molecule has 14 heavy (non-hydrogen) atoms. The predicted octanol–water partition coefficient (Wildman–Crippen LogP) is 0.429. The Morgan fingerprint density at radius 1 is 1.57 bits per heavy atom. The van der Waals surface area contributed by atoms with Crippen molar-refractivity contribution >= 4 is 5.97 Å². The lowest BCUT2D eigenvalue weighted by molar-refractivity contribution is -0.146. The van der Waals surface area contributed by atoms with Crippen LogP contribution < -0.4 is 5.73 Å². The van der Waals surface area contributed by atoms with E-state index in [2.05, 4.69) is 0 Å². The maximum atomic E-state index is 11.2. The molecule has 1 fully saturated rings. The molecule has 0 saturated heterocycles. The van der Waals surface area contributed by atoms with E-state index in [9.17, 15) is 4.79 Å². The Balaban J connectivity index is 2.01. The summed E-state index contributed by atoms with van der Waals surface area (Å²) in [6.07, 6.45) is 5.07. The lowest BCUT2D eigenvalue weighted by Crippen LogP contribution is -2.33. The molecule has 4 nitrogen and oxygen atoms in total. The minimum Gasteiger partial charge on any atom is -0.465 e. The van der Waals surface area contributed by atoms with Crippen molar-refractivity contribution in [3.8, 4) is 0 Å². The predicted molar refractivity (Wildman–Crippen MR) is 52.6 cm³/mol. The highest BCUT2D eigenvalue weighted by Gasteiger charge is 2.19. The van der Waals surface area contributed by atoms with Crippen LogP contribution in [0.25, 0.3) is 0 Å². The fourth-order valence-corrected chi connectivity index (χ4v) is 1.47. The number of rotatable bonds is 6. The standard InChI is InChI=1S/C10H19NO3/c11-9(4-6-12)10(13)14-7-5-8-2-1-3-8/h8-9,12H,1-7,11H2/t9-/m0/s1. The Morgan fingerprint density at radius 2 is 2.29 bits per heavy atom. The van der Waals surface area contributed by atoms with Gasteiger partial charge in [-0.15, -0.1) is 0 Å². The van der Waals surface area contributed by atoms with Gasteiger partial charge in [0.05, 0.1) is 6.61 Å². The van der Waals surface area contributed by atoms with E-state index in [0.717, 1.165) is 12.3 Å². The van der Waals surface area contributed by atoms with Crippen LogP contribution in [-0.2, 0) is 9.53 Å². The molecule has 1 atom stereocenters. The zero-order valence-electron chi connectivity index (χ0n) is 8.45. The lowest BCUT2D eigenvalue weighted by Gasteiger charge is -2.24. The maximum absolute atomic E-state index is 11.2. The smallest absolute Gasteiger partial charge is 0.322 e. The van der Waals surface area contributed by atoms with Gasteiger partial charge < -0.3 is 15.6 Å². The first-order valence-electron chi connectivity index (χ1n) is 5.27. The number of hydrogen-bond acceptors (Lipinski definition) is 4. The normalized spacial score (nSPS) is 18.7. The van der Waals surface area contributed by atoms with E-state index < -0.39 is 12.0 Å². The van der Waals surface area contributed by atoms with Crippen LogP contribution in [0.15, 0.2) is 0 Å². The van der Waals surface area contributed by atoms with Crippen LogP contribution in [0.2, 0.25) is 0 Å². The first-order chi connectivity index (χ1) is 6.74. The molecule has 1 aliphatic rings. The number of nitrogens with two attached hydrogens (primary N) is 1. The second-order valence-corrected chi connectivity index (χ2v) is 3.87. The summed E-state index contributed by atoms with van der Waals surface area (Å²) in [5.74, 6) is 0.357. The number of esters is 1. The van der Waals surface area contributed by atoms with Crippen LogP contribution in [-0.4, -0.2) is 30.3 Å². The first-order valence-corrected chi connectivity index (χ1v) is 5.27. The summed E-state index contributed by atoms with van der Waals surface area (Å²) in [5, 5.41) is 8.56. The summed E-state index contributed by atoms with van der Waals surface area (Å²) in [7, 11) is 0. The number of carbonyl (C=O) groups excluding carboxylic acids is 1. The summed E-state index contributed by atoms with van der Waals surface area (Å²) in [6.45, 7) is 0.404. The minimum atomic E-state index is -0.665. The summed E-state index contributed by atoms with van der Waals surface area (Å²) >= 11 is 0. The first kappa shape index (κ1) is 11.5. The van der Waals surface area contributed by atoms with Crippen molar-refractivity contribution in [3.63, 3.8) is 0 Å². The number of aliphatic hydroxyl groups excluding tert-OH is 1. The molecule has 0 aromatic rings. The van der Waals surface area contributed by atoms with Gasteiger partial charge in [-0.05, 0) is 18.8 Å². The van der Waals surface area contributed by atoms with Gasteiger partial charge >= 0.3 is 5.97 Å². The van der Waals surface area contributed by atoms with Gasteiger partial charge in [0, 0.05) is 6.61 Å². The fourth-order valence-electron chi connectivity index (χ4n) is 1.47. The molecule has 0 radical (unpaired) electrons. The van der Waals surface area contributed by atoms with Gasteiger partial charge in [0.25, 0.3) is 0 Å². The SMILES string of the molecule is N[C@@H](CCO)C(=O)OCCC1CCC1. The van der Waals surface area contributed by atoms with Gasteiger partial charge in [-0.1, -0.05) is 19.3 Å². The molecule has 3 N–H and O–H groups in total. The van der Waals surface area contributed by atoms with E-state index in [4.69, 9.17) is 15.6 Å². The van der Waals surface area contributed by atoms with Crippen molar-refractivity contribution in [2.24, 2.45) is 11.7 Å². The maximum Gasteiger partial charge on any atom is 0.322 e. The van der Waals surface area contributed by atoms with Gasteiger partial charge in [-0.3, -0.25) is 4.79 Å². The average Bonchev–Trinajstić information content (AvgIpc) is 2.09. The topological polar surface area (TPSA) is 72.5 Å². The summed E-state index contributed by atoms with van der Waals surface area (Å²) in [5.41, 5.74) is 5.46. The van der Waals surface area contributed by atoms with Crippen molar-refractivity contribution in [1.29, 1.82) is 0 Å². The molecule has 0 aliphatic heterocycles. The zero-order valence-corrected chi connectivity index (χ0v) is 8.45. The van der Waals surface area contributed by atoms with E-state index in [-0.39, 0.29) is 13.0 Å². The van der Waals surface area contributed by atoms with Gasteiger partial charge in [0.15, 0.2) is 0 Å². The van der Waals surface area contributed by atoms with Crippen LogP contribution in [0.4, 0.5) is 0 Å². The third-order valence-electron chi connectivity index (χ3n) is 2.74. The molecule has 4 heteroatoms. The summed E-state index contributed by atoms with van der Waals surface area (Å²) < 4.78 is 4.99. The van der Waals surface area contributed by atoms with E-state index in [1.54, 1.807) is 0 Å². The van der Waals surface area contributed by atoms with Gasteiger partial charge in [0.1, 0.15) is 6.04 Å². The Bertz CT molecular complexity index is 180. The molecule has 0 aromatic heterocycles. The molecule has 0 bridgehead atoms. The molecule has 0 unspecified atom stereocenters. The van der Waals surface area contributed by atoms with Crippen LogP contribution in [0.3, 0.4) is 0 Å². The third-order valence-corrected chi connectivity index (χ3v) is 2.74. The molecule has 1 aliphatic carbocycles. The van der Waals surface area contributed by atoms with E-state index in [1.807, 2.05) is 0 Å². The Kier molecular flexibility index (Phi) is 4.90. The second kappa shape index (κ2) is 5.98. The molecule has 0 amide bonds. The van der Waals surface area contributed by atoms with Gasteiger partial charge in [-0.2, -0.15) is 0 Å². The van der Waals surface area contributed by atoms with Crippen molar-refractivity contribution in [2.75, 3.05) is 13.2 Å². The number of aliphatic hydroxyl groups is 1. The Labute approximate surface area is 84.4 Å². The van der Waals surface area contributed by atoms with Crippen LogP contribution in [0.5, 0.6) is 0 Å². The van der Waals surface area contributed by atoms with E-state index in [1.165, 1.54) is 19.3 Å². The molecule has 1 rings (SSSR count). The van der Waals surface area contributed by atoms with Crippen molar-refractivity contribution in [3.05, 3.63) is 0 Å². The quantitative estimate of drug-likeness (QED) is 0.611. The molecule has 0 spiro atoms. The second-order valence-electron chi connectivity index (χ2n) is 3.87. The summed E-state index contributed by atoms with van der Waals surface area (Å²) in [6, 6.07) is -0.665. The Hall–Kier alpha value is -0.610. The fraction of sp³-hybridized carbons (Fsp3) is 0.900. The number of carbonyl (C=O) groups is 1. The van der Waals surface area contributed by atoms with E-state index in [0.29, 0.717) is 6.61 Å². The molecule has 82 valence electrons. The van der Waals surface area contributed by atoms with Crippen molar-refractivity contribution < 1.29 is 14.6 Å². The van der Waals surface area contributed by atoms with E-state index >= 15 is 0 Å². The summed E-state index contributed by atoms with van der Waals surface area (Å²) in [4.78, 5) is 11.2. The highest BCUT2D eigenvalue weighted by molar-refractivity contribution is 5.75. The monoisotopic (exact) mass is 201 g/mol. The average molecular weight is 201 g/mol. The largest absolute Gasteiger partial charge is 0.465 e. The van der Waals surface area contributed by atoms with Crippen LogP contribution >= 0.6 is 0 Å². The van der Waals surface area contributed by atoms with Gasteiger partial charge in [0.2, 0.25) is 0 Å². The minimum absolute atomic E-state index is 0.0705.